The molecule has 0 aromatic heterocycles. The first-order chi connectivity index (χ1) is 9.88. The highest BCUT2D eigenvalue weighted by Gasteiger charge is 2.34. The van der Waals surface area contributed by atoms with Crippen molar-refractivity contribution >= 4 is 17.5 Å². The van der Waals surface area contributed by atoms with Crippen molar-refractivity contribution in [1.29, 1.82) is 0 Å². The van der Waals surface area contributed by atoms with E-state index < -0.39 is 40.6 Å². The molecule has 21 heavy (non-hydrogen) atoms. The largest absolute Gasteiger partial charge is 0.338 e. The highest BCUT2D eigenvalue weighted by atomic mass is 35.5. The van der Waals surface area contributed by atoms with Crippen LogP contribution in [0, 0.1) is 35.0 Å². The zero-order chi connectivity index (χ0) is 15.7. The molecule has 2 nitrogen and oxygen atoms in total. The van der Waals surface area contributed by atoms with Gasteiger partial charge in [-0.2, -0.15) is 0 Å². The van der Waals surface area contributed by atoms with Crippen molar-refractivity contribution in [3.63, 3.8) is 0 Å². The van der Waals surface area contributed by atoms with Crippen LogP contribution in [0.1, 0.15) is 23.2 Å². The van der Waals surface area contributed by atoms with Crippen LogP contribution in [0.2, 0.25) is 0 Å². The highest BCUT2D eigenvalue weighted by molar-refractivity contribution is 6.17. The first kappa shape index (κ1) is 16.0. The van der Waals surface area contributed by atoms with Gasteiger partial charge < -0.3 is 4.90 Å². The van der Waals surface area contributed by atoms with Gasteiger partial charge in [0.2, 0.25) is 5.82 Å². The molecule has 1 fully saturated rings. The molecule has 1 unspecified atom stereocenters. The maximum atomic E-state index is 13.6. The van der Waals surface area contributed by atoms with Crippen molar-refractivity contribution in [3.05, 3.63) is 34.6 Å². The van der Waals surface area contributed by atoms with Crippen LogP contribution < -0.4 is 0 Å². The number of halogens is 6. The lowest BCUT2D eigenvalue weighted by molar-refractivity contribution is 0.0773. The van der Waals surface area contributed by atoms with E-state index in [1.165, 1.54) is 0 Å². The van der Waals surface area contributed by atoms with Gasteiger partial charge >= 0.3 is 0 Å². The van der Waals surface area contributed by atoms with E-state index in [0.717, 1.165) is 4.90 Å². The second kappa shape index (κ2) is 6.17. The standard InChI is InChI=1S/C13H11ClF5NO/c14-3-1-6-2-4-20(5-6)13(21)7-8(15)10(17)12(19)11(18)9(7)16/h6H,1-5H2. The molecule has 2 rings (SSSR count). The number of alkyl halides is 1. The van der Waals surface area contributed by atoms with Crippen molar-refractivity contribution in [2.75, 3.05) is 19.0 Å². The van der Waals surface area contributed by atoms with Crippen molar-refractivity contribution in [2.45, 2.75) is 12.8 Å². The summed E-state index contributed by atoms with van der Waals surface area (Å²) in [6.07, 6.45) is 1.19. The third kappa shape index (κ3) is 2.84. The van der Waals surface area contributed by atoms with E-state index >= 15 is 0 Å². The van der Waals surface area contributed by atoms with Crippen molar-refractivity contribution in [2.24, 2.45) is 5.92 Å². The predicted molar refractivity (Wildman–Crippen MR) is 65.6 cm³/mol. The molecule has 0 spiro atoms. The maximum absolute atomic E-state index is 13.6. The Hall–Kier alpha value is -1.37. The van der Waals surface area contributed by atoms with E-state index in [9.17, 15) is 26.7 Å². The molecule has 116 valence electrons. The predicted octanol–water partition coefficient (Wildman–Crippen LogP) is 3.47. The molecule has 1 aromatic carbocycles. The fraction of sp³-hybridized carbons (Fsp3) is 0.462. The molecule has 8 heteroatoms. The molecule has 1 aliphatic rings. The molecular formula is C13H11ClF5NO. The number of nitrogens with zero attached hydrogens (tertiary/aromatic N) is 1. The van der Waals surface area contributed by atoms with E-state index in [4.69, 9.17) is 11.6 Å². The summed E-state index contributed by atoms with van der Waals surface area (Å²) in [5, 5.41) is 0. The first-order valence-corrected chi connectivity index (χ1v) is 6.78. The third-order valence-electron chi connectivity index (χ3n) is 3.51. The molecule has 1 saturated heterocycles. The monoisotopic (exact) mass is 327 g/mol. The Labute approximate surface area is 122 Å². The van der Waals surface area contributed by atoms with Crippen LogP contribution in [0.4, 0.5) is 22.0 Å². The number of carbonyl (C=O) groups excluding carboxylic acids is 1. The lowest BCUT2D eigenvalue weighted by atomic mass is 10.1. The molecule has 1 amide bonds. The summed E-state index contributed by atoms with van der Waals surface area (Å²) in [7, 11) is 0. The molecule has 1 aromatic rings. The lowest BCUT2D eigenvalue weighted by Crippen LogP contribution is -2.31. The Morgan fingerprint density at radius 3 is 2.10 bits per heavy atom. The second-order valence-corrected chi connectivity index (χ2v) is 5.21. The van der Waals surface area contributed by atoms with Crippen LogP contribution in [0.3, 0.4) is 0 Å². The van der Waals surface area contributed by atoms with Crippen molar-refractivity contribution < 1.29 is 26.7 Å². The van der Waals surface area contributed by atoms with Gasteiger partial charge in [-0.05, 0) is 18.8 Å². The summed E-state index contributed by atoms with van der Waals surface area (Å²) < 4.78 is 66.3. The number of hydrogen-bond donors (Lipinski definition) is 0. The molecule has 0 N–H and O–H groups in total. The minimum absolute atomic E-state index is 0.0627. The maximum Gasteiger partial charge on any atom is 0.260 e. The van der Waals surface area contributed by atoms with Gasteiger partial charge in [-0.3, -0.25) is 4.79 Å². The summed E-state index contributed by atoms with van der Waals surface area (Å²) >= 11 is 5.57. The van der Waals surface area contributed by atoms with E-state index in [1.807, 2.05) is 0 Å². The Kier molecular flexibility index (Phi) is 4.70. The molecule has 1 heterocycles. The fourth-order valence-corrected chi connectivity index (χ4v) is 2.67. The van der Waals surface area contributed by atoms with Crippen LogP contribution in [0.15, 0.2) is 0 Å². The SMILES string of the molecule is O=C(c1c(F)c(F)c(F)c(F)c1F)N1CCC(CCCl)C1. The van der Waals surface area contributed by atoms with E-state index in [2.05, 4.69) is 0 Å². The minimum Gasteiger partial charge on any atom is -0.338 e. The topological polar surface area (TPSA) is 20.3 Å². The second-order valence-electron chi connectivity index (χ2n) is 4.83. The van der Waals surface area contributed by atoms with Gasteiger partial charge in [0, 0.05) is 19.0 Å². The van der Waals surface area contributed by atoms with Gasteiger partial charge in [0.25, 0.3) is 5.91 Å². The zero-order valence-corrected chi connectivity index (χ0v) is 11.5. The quantitative estimate of drug-likeness (QED) is 0.360. The highest BCUT2D eigenvalue weighted by Crippen LogP contribution is 2.27. The normalized spacial score (nSPS) is 18.4. The number of benzene rings is 1. The minimum atomic E-state index is -2.28. The van der Waals surface area contributed by atoms with E-state index in [0.29, 0.717) is 18.7 Å². The van der Waals surface area contributed by atoms with Gasteiger partial charge in [0.05, 0.1) is 0 Å². The summed E-state index contributed by atoms with van der Waals surface area (Å²) in [6, 6.07) is 0. The molecule has 0 radical (unpaired) electrons. The Morgan fingerprint density at radius 1 is 1.05 bits per heavy atom. The molecular weight excluding hydrogens is 317 g/mol. The lowest BCUT2D eigenvalue weighted by Gasteiger charge is -2.17. The number of carbonyl (C=O) groups is 1. The molecule has 0 bridgehead atoms. The smallest absolute Gasteiger partial charge is 0.260 e. The summed E-state index contributed by atoms with van der Waals surface area (Å²) in [5.41, 5.74) is -1.40. The zero-order valence-electron chi connectivity index (χ0n) is 10.7. The Bertz CT molecular complexity index is 551. The van der Waals surface area contributed by atoms with Gasteiger partial charge in [-0.25, -0.2) is 22.0 Å². The van der Waals surface area contributed by atoms with Gasteiger partial charge in [0.15, 0.2) is 23.3 Å². The van der Waals surface area contributed by atoms with Crippen molar-refractivity contribution in [1.82, 2.24) is 4.90 Å². The van der Waals surface area contributed by atoms with Crippen LogP contribution >= 0.6 is 11.6 Å². The van der Waals surface area contributed by atoms with Crippen LogP contribution in [0.5, 0.6) is 0 Å². The summed E-state index contributed by atoms with van der Waals surface area (Å²) in [6.45, 7) is 0.380. The number of likely N-dealkylation sites (tertiary alicyclic amines) is 1. The van der Waals surface area contributed by atoms with E-state index in [1.54, 1.807) is 0 Å². The third-order valence-corrected chi connectivity index (χ3v) is 3.73. The molecule has 1 atom stereocenters. The molecule has 0 aliphatic carbocycles. The number of hydrogen-bond acceptors (Lipinski definition) is 1. The van der Waals surface area contributed by atoms with Gasteiger partial charge in [-0.1, -0.05) is 0 Å². The average molecular weight is 328 g/mol. The first-order valence-electron chi connectivity index (χ1n) is 6.25. The van der Waals surface area contributed by atoms with Crippen LogP contribution in [-0.4, -0.2) is 29.8 Å². The fourth-order valence-electron chi connectivity index (χ4n) is 2.36. The molecule has 1 aliphatic heterocycles. The Morgan fingerprint density at radius 2 is 1.57 bits per heavy atom. The number of amides is 1. The Balaban J connectivity index is 2.33. The van der Waals surface area contributed by atoms with Crippen LogP contribution in [0.25, 0.3) is 0 Å². The van der Waals surface area contributed by atoms with Crippen LogP contribution in [-0.2, 0) is 0 Å². The van der Waals surface area contributed by atoms with Gasteiger partial charge in [-0.15, -0.1) is 11.6 Å². The van der Waals surface area contributed by atoms with E-state index in [-0.39, 0.29) is 19.0 Å². The summed E-state index contributed by atoms with van der Waals surface area (Å²) in [5.74, 6) is -11.5. The van der Waals surface area contributed by atoms with Gasteiger partial charge in [0.1, 0.15) is 5.56 Å². The number of rotatable bonds is 3. The van der Waals surface area contributed by atoms with Crippen molar-refractivity contribution in [3.8, 4) is 0 Å². The summed E-state index contributed by atoms with van der Waals surface area (Å²) in [4.78, 5) is 13.1. The average Bonchev–Trinajstić information content (AvgIpc) is 2.92. The molecule has 0 saturated carbocycles.